The Balaban J connectivity index is 2.81. The third-order valence-electron chi connectivity index (χ3n) is 1.63. The van der Waals surface area contributed by atoms with Crippen LogP contribution in [0.25, 0.3) is 0 Å². The van der Waals surface area contributed by atoms with Gasteiger partial charge in [0.15, 0.2) is 0 Å². The van der Waals surface area contributed by atoms with Gasteiger partial charge in [-0.05, 0) is 25.0 Å². The molecule has 0 aromatic heterocycles. The highest BCUT2D eigenvalue weighted by molar-refractivity contribution is 5.19. The summed E-state index contributed by atoms with van der Waals surface area (Å²) in [6, 6.07) is 3.71. The van der Waals surface area contributed by atoms with Crippen LogP contribution in [0.2, 0.25) is 0 Å². The molecule has 0 aliphatic heterocycles. The molecule has 0 saturated carbocycles. The summed E-state index contributed by atoms with van der Waals surface area (Å²) in [5.74, 6) is -1.13. The maximum atomic E-state index is 12.8. The molecule has 0 fully saturated rings. The van der Waals surface area contributed by atoms with Gasteiger partial charge in [0.1, 0.15) is 11.6 Å². The van der Waals surface area contributed by atoms with Gasteiger partial charge < -0.3 is 0 Å². The summed E-state index contributed by atoms with van der Waals surface area (Å²) in [5, 5.41) is 10.1. The minimum Gasteiger partial charge on any atom is -0.237 e. The number of hydrogen-bond donors (Lipinski definition) is 0. The van der Waals surface area contributed by atoms with Crippen molar-refractivity contribution >= 4 is 0 Å². The van der Waals surface area contributed by atoms with Crippen molar-refractivity contribution in [2.75, 3.05) is 6.61 Å². The van der Waals surface area contributed by atoms with Crippen molar-refractivity contribution in [3.05, 3.63) is 35.4 Å². The molecule has 0 aliphatic carbocycles. The Kier molecular flexibility index (Phi) is 3.17. The molecule has 0 saturated heterocycles. The molecule has 0 heterocycles. The van der Waals surface area contributed by atoms with Crippen molar-refractivity contribution in [3.63, 3.8) is 0 Å². The second-order valence-corrected chi connectivity index (χ2v) is 2.51. The van der Waals surface area contributed by atoms with Crippen LogP contribution < -0.4 is 0 Å². The molecule has 65 valence electrons. The normalized spacial score (nSPS) is 10.2. The zero-order chi connectivity index (χ0) is 8.97. The molecule has 3 heteroatoms. The molecule has 1 aromatic carbocycles. The van der Waals surface area contributed by atoms with Crippen LogP contribution in [0.1, 0.15) is 12.0 Å². The summed E-state index contributed by atoms with van der Waals surface area (Å²) in [7, 11) is 0. The fraction of sp³-hybridized carbons (Fsp3) is 0.333. The highest BCUT2D eigenvalue weighted by Gasteiger charge is 2.06. The Morgan fingerprint density at radius 2 is 1.75 bits per heavy atom. The summed E-state index contributed by atoms with van der Waals surface area (Å²) >= 11 is 0. The van der Waals surface area contributed by atoms with E-state index >= 15 is 0 Å². The van der Waals surface area contributed by atoms with Crippen molar-refractivity contribution in [2.45, 2.75) is 12.8 Å². The lowest BCUT2D eigenvalue weighted by atomic mass is 10.1. The van der Waals surface area contributed by atoms with Gasteiger partial charge in [-0.15, -0.1) is 0 Å². The maximum absolute atomic E-state index is 12.8. The Morgan fingerprint density at radius 1 is 1.17 bits per heavy atom. The van der Waals surface area contributed by atoms with Crippen LogP contribution in [0, 0.1) is 11.6 Å². The molecule has 0 atom stereocenters. The zero-order valence-corrected chi connectivity index (χ0v) is 6.52. The van der Waals surface area contributed by atoms with E-state index in [-0.39, 0.29) is 25.0 Å². The predicted octanol–water partition coefficient (Wildman–Crippen LogP) is 2.33. The van der Waals surface area contributed by atoms with Crippen LogP contribution in [-0.4, -0.2) is 6.61 Å². The van der Waals surface area contributed by atoms with E-state index in [0.29, 0.717) is 0 Å². The Morgan fingerprint density at radius 3 is 2.25 bits per heavy atom. The molecule has 0 bridgehead atoms. The molecule has 0 N–H and O–H groups in total. The summed E-state index contributed by atoms with van der Waals surface area (Å²) in [5.41, 5.74) is 0.0216. The van der Waals surface area contributed by atoms with Gasteiger partial charge in [0.25, 0.3) is 0 Å². The Hall–Kier alpha value is -0.960. The van der Waals surface area contributed by atoms with Crippen LogP contribution in [-0.2, 0) is 11.5 Å². The quantitative estimate of drug-likeness (QED) is 0.665. The van der Waals surface area contributed by atoms with Crippen molar-refractivity contribution in [1.29, 1.82) is 0 Å². The van der Waals surface area contributed by atoms with E-state index in [2.05, 4.69) is 0 Å². The van der Waals surface area contributed by atoms with E-state index in [1.807, 2.05) is 0 Å². The SMILES string of the molecule is [O]CCCc1c(F)cccc1F. The lowest BCUT2D eigenvalue weighted by Crippen LogP contribution is -1.96. The van der Waals surface area contributed by atoms with Gasteiger partial charge >= 0.3 is 0 Å². The molecule has 0 amide bonds. The van der Waals surface area contributed by atoms with E-state index in [9.17, 15) is 13.9 Å². The van der Waals surface area contributed by atoms with Gasteiger partial charge in [0, 0.05) is 5.56 Å². The largest absolute Gasteiger partial charge is 0.237 e. The highest BCUT2D eigenvalue weighted by Crippen LogP contribution is 2.13. The number of hydrogen-bond acceptors (Lipinski definition) is 0. The first-order chi connectivity index (χ1) is 5.75. The van der Waals surface area contributed by atoms with Gasteiger partial charge in [0.05, 0.1) is 6.61 Å². The minimum absolute atomic E-state index is 0.0216. The van der Waals surface area contributed by atoms with Crippen LogP contribution in [0.3, 0.4) is 0 Å². The molecule has 1 rings (SSSR count). The van der Waals surface area contributed by atoms with Gasteiger partial charge in [-0.2, -0.15) is 0 Å². The van der Waals surface area contributed by atoms with Crippen molar-refractivity contribution in [2.24, 2.45) is 0 Å². The molecule has 1 nitrogen and oxygen atoms in total. The third-order valence-corrected chi connectivity index (χ3v) is 1.63. The van der Waals surface area contributed by atoms with Crippen LogP contribution >= 0.6 is 0 Å². The lowest BCUT2D eigenvalue weighted by Gasteiger charge is -2.01. The first-order valence-corrected chi connectivity index (χ1v) is 3.76. The molecule has 1 radical (unpaired) electrons. The summed E-state index contributed by atoms with van der Waals surface area (Å²) in [6.45, 7) is -0.298. The van der Waals surface area contributed by atoms with Gasteiger partial charge in [-0.1, -0.05) is 6.07 Å². The topological polar surface area (TPSA) is 19.9 Å². The zero-order valence-electron chi connectivity index (χ0n) is 6.52. The summed E-state index contributed by atoms with van der Waals surface area (Å²) in [4.78, 5) is 0. The number of benzene rings is 1. The number of halogens is 2. The van der Waals surface area contributed by atoms with E-state index in [1.165, 1.54) is 18.2 Å². The molecular weight excluding hydrogens is 162 g/mol. The molecule has 0 aliphatic rings. The molecule has 0 spiro atoms. The fourth-order valence-electron chi connectivity index (χ4n) is 1.02. The van der Waals surface area contributed by atoms with Crippen molar-refractivity contribution in [3.8, 4) is 0 Å². The summed E-state index contributed by atoms with van der Waals surface area (Å²) in [6.07, 6.45) is 0.458. The standard InChI is InChI=1S/C9H9F2O/c10-8-4-1-5-9(11)7(8)3-2-6-12/h1,4-5H,2-3,6H2. The second-order valence-electron chi connectivity index (χ2n) is 2.51. The third kappa shape index (κ3) is 2.01. The fourth-order valence-corrected chi connectivity index (χ4v) is 1.02. The molecular formula is C9H9F2O. The van der Waals surface area contributed by atoms with Crippen molar-refractivity contribution in [1.82, 2.24) is 0 Å². The van der Waals surface area contributed by atoms with Crippen LogP contribution in [0.5, 0.6) is 0 Å². The van der Waals surface area contributed by atoms with Gasteiger partial charge in [-0.25, -0.2) is 13.9 Å². The van der Waals surface area contributed by atoms with Gasteiger partial charge in [0.2, 0.25) is 0 Å². The van der Waals surface area contributed by atoms with Crippen molar-refractivity contribution < 1.29 is 13.9 Å². The minimum atomic E-state index is -0.566. The first kappa shape index (κ1) is 9.13. The average molecular weight is 171 g/mol. The van der Waals surface area contributed by atoms with E-state index in [1.54, 1.807) is 0 Å². The lowest BCUT2D eigenvalue weighted by molar-refractivity contribution is 0.189. The van der Waals surface area contributed by atoms with E-state index in [0.717, 1.165) is 0 Å². The molecule has 1 aromatic rings. The Labute approximate surface area is 69.7 Å². The van der Waals surface area contributed by atoms with Crippen LogP contribution in [0.15, 0.2) is 18.2 Å². The average Bonchev–Trinajstić information content (AvgIpc) is 2.04. The first-order valence-electron chi connectivity index (χ1n) is 3.76. The smallest absolute Gasteiger partial charge is 0.129 e. The highest BCUT2D eigenvalue weighted by atomic mass is 19.1. The molecule has 12 heavy (non-hydrogen) atoms. The number of rotatable bonds is 3. The van der Waals surface area contributed by atoms with E-state index < -0.39 is 11.6 Å². The monoisotopic (exact) mass is 171 g/mol. The van der Waals surface area contributed by atoms with E-state index in [4.69, 9.17) is 0 Å². The second kappa shape index (κ2) is 4.16. The van der Waals surface area contributed by atoms with Crippen LogP contribution in [0.4, 0.5) is 8.78 Å². The summed E-state index contributed by atoms with van der Waals surface area (Å²) < 4.78 is 25.7. The molecule has 0 unspecified atom stereocenters. The predicted molar refractivity (Wildman–Crippen MR) is 40.2 cm³/mol. The van der Waals surface area contributed by atoms with Gasteiger partial charge in [-0.3, -0.25) is 0 Å². The Bertz CT molecular complexity index is 240. The maximum Gasteiger partial charge on any atom is 0.129 e.